The minimum atomic E-state index is -2.98. The molecule has 18 heteroatoms. The Morgan fingerprint density at radius 1 is 1.10 bits per heavy atom. The third kappa shape index (κ3) is 9.74. The molecule has 0 bridgehead atoms. The number of aromatic nitrogens is 5. The molecule has 1 saturated carbocycles. The summed E-state index contributed by atoms with van der Waals surface area (Å²) in [6.07, 6.45) is 7.58. The number of hydrogen-bond donors (Lipinski definition) is 3. The van der Waals surface area contributed by atoms with Crippen molar-refractivity contribution < 1.29 is 32.6 Å². The van der Waals surface area contributed by atoms with Crippen LogP contribution in [0.2, 0.25) is 0 Å². The van der Waals surface area contributed by atoms with Crippen LogP contribution in [-0.2, 0) is 26.1 Å². The zero-order valence-corrected chi connectivity index (χ0v) is 34.2. The van der Waals surface area contributed by atoms with Crippen LogP contribution < -0.4 is 21.3 Å². The number of nitrogens with two attached hydrogens (primary N) is 1. The van der Waals surface area contributed by atoms with Crippen molar-refractivity contribution in [2.75, 3.05) is 57.4 Å². The lowest BCUT2D eigenvalue weighted by Crippen LogP contribution is -2.40. The fourth-order valence-corrected chi connectivity index (χ4v) is 8.72. The molecule has 3 amide bonds. The van der Waals surface area contributed by atoms with Crippen molar-refractivity contribution in [1.29, 1.82) is 0 Å². The van der Waals surface area contributed by atoms with E-state index in [1.165, 1.54) is 16.9 Å². The highest BCUT2D eigenvalue weighted by Gasteiger charge is 2.32. The monoisotopic (exact) mass is 839 g/mol. The summed E-state index contributed by atoms with van der Waals surface area (Å²) in [7, 11) is 1.84. The van der Waals surface area contributed by atoms with Gasteiger partial charge in [0.25, 0.3) is 12.3 Å². The summed E-state index contributed by atoms with van der Waals surface area (Å²) in [4.78, 5) is 51.4. The molecule has 1 atom stereocenters. The molecule has 4 N–H and O–H groups in total. The van der Waals surface area contributed by atoms with Crippen LogP contribution in [0.3, 0.4) is 0 Å². The van der Waals surface area contributed by atoms with Crippen molar-refractivity contribution in [3.8, 4) is 11.8 Å². The SMILES string of the molecule is Cn1nc(C2CCC(=O)NC2=O)c2cccc(C#CCOC3CCN(CC4CCC(N=CC(NC(=O)c5cnn6ccc(N7CCOCC7)nc56)=C(N)C(F)F)CC4)CC3)c21. The number of amides is 3. The van der Waals surface area contributed by atoms with Crippen molar-refractivity contribution >= 4 is 46.3 Å². The van der Waals surface area contributed by atoms with Gasteiger partial charge in [-0.15, -0.1) is 0 Å². The van der Waals surface area contributed by atoms with E-state index < -0.39 is 23.9 Å². The molecule has 3 aromatic heterocycles. The van der Waals surface area contributed by atoms with Gasteiger partial charge in [-0.2, -0.15) is 10.2 Å². The number of para-hydroxylation sites is 1. The lowest BCUT2D eigenvalue weighted by molar-refractivity contribution is -0.134. The summed E-state index contributed by atoms with van der Waals surface area (Å²) in [6.45, 7) is 5.63. The van der Waals surface area contributed by atoms with E-state index in [1.54, 1.807) is 10.9 Å². The molecule has 4 fully saturated rings. The van der Waals surface area contributed by atoms with Gasteiger partial charge in [-0.25, -0.2) is 18.3 Å². The number of carbonyl (C=O) groups excluding carboxylic acids is 3. The molecular formula is C43H51F2N11O5. The Labute approximate surface area is 351 Å². The van der Waals surface area contributed by atoms with E-state index >= 15 is 0 Å². The number of anilines is 1. The maximum absolute atomic E-state index is 13.8. The topological polar surface area (TPSA) is 187 Å². The summed E-state index contributed by atoms with van der Waals surface area (Å²) in [5.74, 6) is 5.91. The molecule has 16 nitrogen and oxygen atoms in total. The number of benzene rings is 1. The number of aliphatic imine (C=N–C) groups is 1. The first-order valence-electron chi connectivity index (χ1n) is 21.0. The molecule has 6 heterocycles. The first-order valence-corrected chi connectivity index (χ1v) is 21.0. The summed E-state index contributed by atoms with van der Waals surface area (Å²) in [6, 6.07) is 7.53. The molecule has 1 aromatic carbocycles. The van der Waals surface area contributed by atoms with E-state index in [0.717, 1.165) is 74.6 Å². The summed E-state index contributed by atoms with van der Waals surface area (Å²) in [5, 5.41) is 14.7. The Hall–Kier alpha value is -5.77. The van der Waals surface area contributed by atoms with Crippen molar-refractivity contribution in [2.24, 2.45) is 23.7 Å². The van der Waals surface area contributed by atoms with E-state index in [9.17, 15) is 23.2 Å². The van der Waals surface area contributed by atoms with Gasteiger partial charge in [-0.05, 0) is 63.0 Å². The van der Waals surface area contributed by atoms with Crippen LogP contribution in [0.15, 0.2) is 53.0 Å². The molecule has 61 heavy (non-hydrogen) atoms. The van der Waals surface area contributed by atoms with Gasteiger partial charge in [0.2, 0.25) is 11.8 Å². The van der Waals surface area contributed by atoms with E-state index in [0.29, 0.717) is 68.8 Å². The summed E-state index contributed by atoms with van der Waals surface area (Å²) in [5.41, 5.74) is 7.55. The Bertz CT molecular complexity index is 2380. The second-order valence-electron chi connectivity index (χ2n) is 16.1. The number of allylic oxidation sites excluding steroid dienone is 2. The number of hydrogen-bond acceptors (Lipinski definition) is 12. The quantitative estimate of drug-likeness (QED) is 0.114. The number of rotatable bonds is 11. The zero-order chi connectivity index (χ0) is 42.5. The Morgan fingerprint density at radius 2 is 1.89 bits per heavy atom. The van der Waals surface area contributed by atoms with Crippen molar-refractivity contribution in [1.82, 2.24) is 39.9 Å². The number of fused-ring (bicyclic) bond motifs is 2. The number of nitrogens with zero attached hydrogens (tertiary/aromatic N) is 8. The minimum Gasteiger partial charge on any atom is -0.396 e. The first-order chi connectivity index (χ1) is 29.6. The molecule has 3 saturated heterocycles. The van der Waals surface area contributed by atoms with Gasteiger partial charge in [0, 0.05) is 64.0 Å². The lowest BCUT2D eigenvalue weighted by Gasteiger charge is -2.35. The van der Waals surface area contributed by atoms with Crippen molar-refractivity contribution in [3.63, 3.8) is 0 Å². The van der Waals surface area contributed by atoms with Gasteiger partial charge in [0.1, 0.15) is 23.7 Å². The number of halogens is 2. The molecule has 1 unspecified atom stereocenters. The third-order valence-corrected chi connectivity index (χ3v) is 12.1. The Morgan fingerprint density at radius 3 is 2.64 bits per heavy atom. The Balaban J connectivity index is 0.788. The van der Waals surface area contributed by atoms with Crippen LogP contribution in [0.4, 0.5) is 14.6 Å². The average molecular weight is 840 g/mol. The highest BCUT2D eigenvalue weighted by molar-refractivity contribution is 6.04. The molecule has 1 aliphatic carbocycles. The Kier molecular flexibility index (Phi) is 13.0. The number of ether oxygens (including phenoxy) is 2. The summed E-state index contributed by atoms with van der Waals surface area (Å²) >= 11 is 0. The number of nitrogens with one attached hydrogen (secondary N) is 2. The molecular weight excluding hydrogens is 789 g/mol. The van der Waals surface area contributed by atoms with Gasteiger partial charge in [-0.1, -0.05) is 24.0 Å². The van der Waals surface area contributed by atoms with Crippen LogP contribution in [0.25, 0.3) is 16.6 Å². The molecule has 8 rings (SSSR count). The number of piperidine rings is 2. The predicted molar refractivity (Wildman–Crippen MR) is 223 cm³/mol. The highest BCUT2D eigenvalue weighted by Crippen LogP contribution is 2.32. The molecule has 4 aromatic rings. The lowest BCUT2D eigenvalue weighted by atomic mass is 9.85. The van der Waals surface area contributed by atoms with E-state index in [4.69, 9.17) is 15.2 Å². The fourth-order valence-electron chi connectivity index (χ4n) is 8.72. The zero-order valence-electron chi connectivity index (χ0n) is 34.2. The van der Waals surface area contributed by atoms with Crippen LogP contribution in [0.1, 0.15) is 78.9 Å². The van der Waals surface area contributed by atoms with Crippen LogP contribution in [0, 0.1) is 17.8 Å². The normalized spacial score (nSPS) is 22.4. The van der Waals surface area contributed by atoms with E-state index in [2.05, 4.69) is 52.4 Å². The predicted octanol–water partition coefficient (Wildman–Crippen LogP) is 3.30. The molecule has 0 spiro atoms. The number of likely N-dealkylation sites (tertiary alicyclic amines) is 1. The standard InChI is InChI=1S/C43H51F2N11O5/c1-53-39-28(4-2-6-31(39)38(52-53)32-11-12-36(57)51-42(32)58)5-3-21-61-30-13-16-54(17-14-30)26-27-7-9-29(10-8-27)47-25-34(37(46)40(44)45)49-43(59)33-24-48-56-18-15-35(50-41(33)56)55-19-22-60-23-20-55/h2,4,6,15,18,24-25,27,29-30,32,40H,7-14,16-17,19-23,26,46H2,1H3,(H,49,59)(H,51,57,58). The molecule has 4 aliphatic rings. The van der Waals surface area contributed by atoms with Crippen molar-refractivity contribution in [3.05, 3.63) is 64.9 Å². The average Bonchev–Trinajstić information content (AvgIpc) is 3.85. The van der Waals surface area contributed by atoms with Crippen LogP contribution >= 0.6 is 0 Å². The molecule has 322 valence electrons. The fraction of sp³-hybridized carbons (Fsp3) is 0.512. The number of alkyl halides is 2. The highest BCUT2D eigenvalue weighted by atomic mass is 19.3. The second kappa shape index (κ2) is 18.9. The number of imide groups is 1. The van der Waals surface area contributed by atoms with Gasteiger partial charge in [0.15, 0.2) is 5.65 Å². The smallest absolute Gasteiger partial charge is 0.279 e. The maximum Gasteiger partial charge on any atom is 0.279 e. The van der Waals surface area contributed by atoms with Crippen LogP contribution in [-0.4, -0.2) is 124 Å². The first kappa shape index (κ1) is 41.9. The number of carbonyl (C=O) groups is 3. The van der Waals surface area contributed by atoms with Crippen molar-refractivity contribution in [2.45, 2.75) is 75.9 Å². The van der Waals surface area contributed by atoms with E-state index in [1.807, 2.05) is 31.3 Å². The molecule has 3 aliphatic heterocycles. The number of aryl methyl sites for hydroxylation is 1. The largest absolute Gasteiger partial charge is 0.396 e. The summed E-state index contributed by atoms with van der Waals surface area (Å²) < 4.78 is 42.5. The minimum absolute atomic E-state index is 0.0687. The second-order valence-corrected chi connectivity index (χ2v) is 16.1. The van der Waals surface area contributed by atoms with Gasteiger partial charge < -0.3 is 30.3 Å². The van der Waals surface area contributed by atoms with Gasteiger partial charge >= 0.3 is 0 Å². The van der Waals surface area contributed by atoms with Gasteiger partial charge in [0.05, 0.1) is 59.9 Å². The van der Waals surface area contributed by atoms with E-state index in [-0.39, 0.29) is 35.2 Å². The molecule has 0 radical (unpaired) electrons. The number of morpholine rings is 1. The third-order valence-electron chi connectivity index (χ3n) is 12.1. The van der Waals surface area contributed by atoms with Crippen LogP contribution in [0.5, 0.6) is 0 Å². The maximum atomic E-state index is 13.8. The van der Waals surface area contributed by atoms with Gasteiger partial charge in [-0.3, -0.25) is 29.4 Å².